The van der Waals surface area contributed by atoms with Crippen LogP contribution in [-0.4, -0.2) is 62.8 Å². The van der Waals surface area contributed by atoms with Crippen molar-refractivity contribution >= 4 is 29.9 Å². The zero-order valence-corrected chi connectivity index (χ0v) is 19.4. The lowest BCUT2D eigenvalue weighted by atomic mass is 9.92. The number of hydrogen-bond donors (Lipinski definition) is 2. The van der Waals surface area contributed by atoms with Gasteiger partial charge in [-0.3, -0.25) is 9.89 Å². The van der Waals surface area contributed by atoms with E-state index in [4.69, 9.17) is 14.1 Å². The zero-order chi connectivity index (χ0) is 18.6. The zero-order valence-electron chi connectivity index (χ0n) is 17.1. The van der Waals surface area contributed by atoms with Crippen LogP contribution >= 0.6 is 24.0 Å². The van der Waals surface area contributed by atoms with E-state index in [-0.39, 0.29) is 24.0 Å². The van der Waals surface area contributed by atoms with Gasteiger partial charge in [-0.1, -0.05) is 26.7 Å². The molecule has 0 bridgehead atoms. The van der Waals surface area contributed by atoms with Crippen molar-refractivity contribution in [2.24, 2.45) is 10.9 Å². The standard InChI is InChI=1S/C20H36N4O2.HI/c1-4-17(5-2)19(24-11-14-25-15-12-24)16-23-20(21-6-3)22-10-9-18-8-7-13-26-18;/h7-8,13,17,19H,4-6,9-12,14-16H2,1-3H3,(H2,21,22,23);1H. The summed E-state index contributed by atoms with van der Waals surface area (Å²) in [4.78, 5) is 7.47. The van der Waals surface area contributed by atoms with Crippen LogP contribution in [0, 0.1) is 5.92 Å². The molecule has 1 aliphatic heterocycles. The highest BCUT2D eigenvalue weighted by molar-refractivity contribution is 14.0. The van der Waals surface area contributed by atoms with Crippen molar-refractivity contribution < 1.29 is 9.15 Å². The quantitative estimate of drug-likeness (QED) is 0.299. The molecule has 0 radical (unpaired) electrons. The summed E-state index contributed by atoms with van der Waals surface area (Å²) in [5.74, 6) is 2.56. The first-order valence-corrected chi connectivity index (χ1v) is 10.1. The first-order chi connectivity index (χ1) is 12.8. The molecule has 1 fully saturated rings. The minimum Gasteiger partial charge on any atom is -0.469 e. The third-order valence-electron chi connectivity index (χ3n) is 5.13. The topological polar surface area (TPSA) is 62.0 Å². The molecule has 1 aromatic rings. The number of nitrogens with one attached hydrogen (secondary N) is 2. The predicted molar refractivity (Wildman–Crippen MR) is 122 cm³/mol. The van der Waals surface area contributed by atoms with Crippen molar-refractivity contribution in [2.45, 2.75) is 46.1 Å². The number of halogens is 1. The van der Waals surface area contributed by atoms with Crippen LogP contribution < -0.4 is 10.6 Å². The Balaban J connectivity index is 0.00000364. The summed E-state index contributed by atoms with van der Waals surface area (Å²) in [6, 6.07) is 4.42. The van der Waals surface area contributed by atoms with Gasteiger partial charge in [-0.2, -0.15) is 0 Å². The largest absolute Gasteiger partial charge is 0.469 e. The van der Waals surface area contributed by atoms with E-state index >= 15 is 0 Å². The van der Waals surface area contributed by atoms with Gasteiger partial charge in [0.05, 0.1) is 26.0 Å². The molecule has 2 N–H and O–H groups in total. The Kier molecular flexibility index (Phi) is 12.8. The van der Waals surface area contributed by atoms with E-state index in [9.17, 15) is 0 Å². The highest BCUT2D eigenvalue weighted by atomic mass is 127. The third-order valence-corrected chi connectivity index (χ3v) is 5.13. The summed E-state index contributed by atoms with van der Waals surface area (Å²) >= 11 is 0. The second-order valence-electron chi connectivity index (χ2n) is 6.77. The van der Waals surface area contributed by atoms with Gasteiger partial charge in [0, 0.05) is 38.6 Å². The Morgan fingerprint density at radius 2 is 1.93 bits per heavy atom. The number of rotatable bonds is 10. The molecule has 2 heterocycles. The fourth-order valence-electron chi connectivity index (χ4n) is 3.59. The maximum absolute atomic E-state index is 5.54. The van der Waals surface area contributed by atoms with Crippen LogP contribution in [0.4, 0.5) is 0 Å². The summed E-state index contributed by atoms with van der Waals surface area (Å²) < 4.78 is 10.9. The van der Waals surface area contributed by atoms with E-state index in [0.29, 0.717) is 12.0 Å². The molecule has 156 valence electrons. The van der Waals surface area contributed by atoms with E-state index in [2.05, 4.69) is 36.3 Å². The van der Waals surface area contributed by atoms with Gasteiger partial charge in [0.15, 0.2) is 5.96 Å². The molecule has 7 heteroatoms. The second kappa shape index (κ2) is 14.2. The van der Waals surface area contributed by atoms with Gasteiger partial charge in [0.25, 0.3) is 0 Å². The molecule has 0 aromatic carbocycles. The lowest BCUT2D eigenvalue weighted by molar-refractivity contribution is 0.00395. The van der Waals surface area contributed by atoms with Gasteiger partial charge < -0.3 is 19.8 Å². The van der Waals surface area contributed by atoms with E-state index in [1.807, 2.05) is 12.1 Å². The second-order valence-corrected chi connectivity index (χ2v) is 6.77. The van der Waals surface area contributed by atoms with Crippen LogP contribution in [-0.2, 0) is 11.2 Å². The van der Waals surface area contributed by atoms with E-state index < -0.39 is 0 Å². The summed E-state index contributed by atoms with van der Waals surface area (Å²) in [6.45, 7) is 12.9. The van der Waals surface area contributed by atoms with Gasteiger partial charge in [-0.15, -0.1) is 24.0 Å². The number of morpholine rings is 1. The number of nitrogens with zero attached hydrogens (tertiary/aromatic N) is 2. The lowest BCUT2D eigenvalue weighted by Gasteiger charge is -2.38. The fraction of sp³-hybridized carbons (Fsp3) is 0.750. The van der Waals surface area contributed by atoms with Gasteiger partial charge in [-0.25, -0.2) is 0 Å². The first kappa shape index (κ1) is 24.2. The Labute approximate surface area is 181 Å². The normalized spacial score (nSPS) is 16.8. The maximum atomic E-state index is 5.54. The molecule has 1 unspecified atom stereocenters. The van der Waals surface area contributed by atoms with Gasteiger partial charge in [0.2, 0.25) is 0 Å². The monoisotopic (exact) mass is 492 g/mol. The number of furan rings is 1. The van der Waals surface area contributed by atoms with Crippen LogP contribution in [0.25, 0.3) is 0 Å². The molecule has 0 saturated carbocycles. The van der Waals surface area contributed by atoms with Gasteiger partial charge in [0.1, 0.15) is 5.76 Å². The molecular weight excluding hydrogens is 455 g/mol. The molecule has 6 nitrogen and oxygen atoms in total. The molecule has 2 rings (SSSR count). The fourth-order valence-corrected chi connectivity index (χ4v) is 3.59. The minimum atomic E-state index is 0. The predicted octanol–water partition coefficient (Wildman–Crippen LogP) is 3.13. The Morgan fingerprint density at radius 1 is 1.19 bits per heavy atom. The summed E-state index contributed by atoms with van der Waals surface area (Å²) in [6.07, 6.45) is 4.96. The summed E-state index contributed by atoms with van der Waals surface area (Å²) in [5, 5.41) is 6.79. The smallest absolute Gasteiger partial charge is 0.191 e. The molecule has 0 amide bonds. The van der Waals surface area contributed by atoms with Crippen LogP contribution in [0.3, 0.4) is 0 Å². The molecule has 1 aromatic heterocycles. The average Bonchev–Trinajstić information content (AvgIpc) is 3.19. The molecule has 1 saturated heterocycles. The first-order valence-electron chi connectivity index (χ1n) is 10.1. The number of hydrogen-bond acceptors (Lipinski definition) is 4. The highest BCUT2D eigenvalue weighted by Gasteiger charge is 2.26. The third kappa shape index (κ3) is 8.39. The molecule has 0 aliphatic carbocycles. The molecular formula is C20H37IN4O2. The van der Waals surface area contributed by atoms with E-state index in [1.165, 1.54) is 12.8 Å². The lowest BCUT2D eigenvalue weighted by Crippen LogP contribution is -2.49. The Bertz CT molecular complexity index is 500. The van der Waals surface area contributed by atoms with Crippen LogP contribution in [0.15, 0.2) is 27.8 Å². The molecule has 1 aliphatic rings. The molecule has 27 heavy (non-hydrogen) atoms. The Hall–Kier alpha value is -0.800. The SMILES string of the molecule is CCNC(=NCC(C(CC)CC)N1CCOCC1)NCCc1ccco1.I. The van der Waals surface area contributed by atoms with Crippen LogP contribution in [0.2, 0.25) is 0 Å². The van der Waals surface area contributed by atoms with Crippen molar-refractivity contribution in [1.29, 1.82) is 0 Å². The maximum Gasteiger partial charge on any atom is 0.191 e. The van der Waals surface area contributed by atoms with Crippen molar-refractivity contribution in [3.8, 4) is 0 Å². The molecule has 0 spiro atoms. The number of aliphatic imine (C=N–C) groups is 1. The van der Waals surface area contributed by atoms with Crippen molar-refractivity contribution in [3.63, 3.8) is 0 Å². The van der Waals surface area contributed by atoms with Crippen molar-refractivity contribution in [1.82, 2.24) is 15.5 Å². The van der Waals surface area contributed by atoms with Gasteiger partial charge >= 0.3 is 0 Å². The van der Waals surface area contributed by atoms with E-state index in [0.717, 1.165) is 64.1 Å². The van der Waals surface area contributed by atoms with Crippen LogP contribution in [0.5, 0.6) is 0 Å². The van der Waals surface area contributed by atoms with Gasteiger partial charge in [-0.05, 0) is 25.0 Å². The Morgan fingerprint density at radius 3 is 2.52 bits per heavy atom. The van der Waals surface area contributed by atoms with Crippen molar-refractivity contribution in [2.75, 3.05) is 45.9 Å². The average molecular weight is 492 g/mol. The highest BCUT2D eigenvalue weighted by Crippen LogP contribution is 2.20. The minimum absolute atomic E-state index is 0. The molecule has 1 atom stereocenters. The number of guanidine groups is 1. The van der Waals surface area contributed by atoms with E-state index in [1.54, 1.807) is 6.26 Å². The van der Waals surface area contributed by atoms with Crippen molar-refractivity contribution in [3.05, 3.63) is 24.2 Å². The summed E-state index contributed by atoms with van der Waals surface area (Å²) in [7, 11) is 0. The summed E-state index contributed by atoms with van der Waals surface area (Å²) in [5.41, 5.74) is 0. The number of ether oxygens (including phenoxy) is 1. The van der Waals surface area contributed by atoms with Crippen LogP contribution in [0.1, 0.15) is 39.4 Å².